The molecule has 3 N–H and O–H groups in total. The number of benzene rings is 1. The Morgan fingerprint density at radius 1 is 1.29 bits per heavy atom. The minimum absolute atomic E-state index is 0.0429. The Hall–Kier alpha value is -2.01. The highest BCUT2D eigenvalue weighted by molar-refractivity contribution is 7.98. The normalized spacial score (nSPS) is 11.9. The van der Waals surface area contributed by atoms with E-state index in [9.17, 15) is 0 Å². The molecule has 2 aromatic rings. The van der Waals surface area contributed by atoms with E-state index in [2.05, 4.69) is 48.3 Å². The second-order valence-corrected chi connectivity index (χ2v) is 6.06. The summed E-state index contributed by atoms with van der Waals surface area (Å²) in [5, 5.41) is 11.8. The Morgan fingerprint density at radius 3 is 2.62 bits per heavy atom. The first-order valence-electron chi connectivity index (χ1n) is 6.76. The van der Waals surface area contributed by atoms with Gasteiger partial charge in [-0.15, -0.1) is 11.8 Å². The summed E-state index contributed by atoms with van der Waals surface area (Å²) in [5.74, 6) is 1.30. The standard InChI is InChI=1S/C16H19N3OS/c1-11(2)12-5-7-14(8-6-12)21-10-13-4-3-9-18-15(13)16(17)19-20/h3-9,11,20H,10H2,1-2H3,(H2,17,19). The maximum Gasteiger partial charge on any atom is 0.189 e. The molecule has 0 atom stereocenters. The average Bonchev–Trinajstić information content (AvgIpc) is 2.52. The van der Waals surface area contributed by atoms with Crippen LogP contribution in [-0.4, -0.2) is 16.0 Å². The molecule has 0 saturated carbocycles. The summed E-state index contributed by atoms with van der Waals surface area (Å²) in [6.07, 6.45) is 1.64. The number of nitrogens with two attached hydrogens (primary N) is 1. The Balaban J connectivity index is 2.10. The topological polar surface area (TPSA) is 71.5 Å². The smallest absolute Gasteiger partial charge is 0.189 e. The Labute approximate surface area is 129 Å². The SMILES string of the molecule is CC(C)c1ccc(SCc2cccnc2C(N)=NO)cc1. The molecular weight excluding hydrogens is 282 g/mol. The van der Waals surface area contributed by atoms with Crippen LogP contribution in [0.5, 0.6) is 0 Å². The van der Waals surface area contributed by atoms with Crippen molar-refractivity contribution in [2.75, 3.05) is 0 Å². The van der Waals surface area contributed by atoms with Gasteiger partial charge in [-0.05, 0) is 35.2 Å². The fourth-order valence-corrected chi connectivity index (χ4v) is 2.83. The predicted octanol–water partition coefficient (Wildman–Crippen LogP) is 3.59. The first-order valence-corrected chi connectivity index (χ1v) is 7.75. The van der Waals surface area contributed by atoms with Crippen LogP contribution in [0.3, 0.4) is 0 Å². The van der Waals surface area contributed by atoms with E-state index in [0.717, 1.165) is 11.3 Å². The van der Waals surface area contributed by atoms with E-state index < -0.39 is 0 Å². The Morgan fingerprint density at radius 2 is 2.00 bits per heavy atom. The largest absolute Gasteiger partial charge is 0.409 e. The number of aromatic nitrogens is 1. The number of amidine groups is 1. The lowest BCUT2D eigenvalue weighted by Crippen LogP contribution is -2.17. The van der Waals surface area contributed by atoms with Crippen LogP contribution in [0.1, 0.15) is 36.6 Å². The van der Waals surface area contributed by atoms with Crippen LogP contribution < -0.4 is 5.73 Å². The van der Waals surface area contributed by atoms with E-state index in [4.69, 9.17) is 10.9 Å². The van der Waals surface area contributed by atoms with Gasteiger partial charge in [-0.25, -0.2) is 0 Å². The van der Waals surface area contributed by atoms with Crippen molar-refractivity contribution in [2.45, 2.75) is 30.4 Å². The van der Waals surface area contributed by atoms with Crippen molar-refractivity contribution in [3.05, 3.63) is 59.4 Å². The fraction of sp³-hybridized carbons (Fsp3) is 0.250. The summed E-state index contributed by atoms with van der Waals surface area (Å²) in [6.45, 7) is 4.36. The number of hydrogen-bond acceptors (Lipinski definition) is 4. The highest BCUT2D eigenvalue weighted by atomic mass is 32.2. The number of pyridine rings is 1. The van der Waals surface area contributed by atoms with E-state index in [-0.39, 0.29) is 5.84 Å². The van der Waals surface area contributed by atoms with Crippen molar-refractivity contribution in [1.82, 2.24) is 4.98 Å². The lowest BCUT2D eigenvalue weighted by molar-refractivity contribution is 0.318. The molecule has 1 heterocycles. The van der Waals surface area contributed by atoms with Crippen molar-refractivity contribution >= 4 is 17.6 Å². The van der Waals surface area contributed by atoms with Crippen molar-refractivity contribution in [3.8, 4) is 0 Å². The number of hydrogen-bond donors (Lipinski definition) is 2. The third kappa shape index (κ3) is 3.98. The molecular formula is C16H19N3OS. The van der Waals surface area contributed by atoms with Crippen LogP contribution >= 0.6 is 11.8 Å². The Bertz CT molecular complexity index is 624. The number of rotatable bonds is 5. The molecule has 0 aliphatic heterocycles. The van der Waals surface area contributed by atoms with Crippen molar-refractivity contribution in [3.63, 3.8) is 0 Å². The van der Waals surface area contributed by atoms with Crippen LogP contribution in [0.15, 0.2) is 52.6 Å². The van der Waals surface area contributed by atoms with Gasteiger partial charge in [0.25, 0.3) is 0 Å². The van der Waals surface area contributed by atoms with Crippen LogP contribution in [0.2, 0.25) is 0 Å². The Kier molecular flexibility index (Phi) is 5.22. The zero-order valence-electron chi connectivity index (χ0n) is 12.2. The highest BCUT2D eigenvalue weighted by Gasteiger charge is 2.08. The molecule has 1 aromatic heterocycles. The highest BCUT2D eigenvalue weighted by Crippen LogP contribution is 2.25. The number of nitrogens with zero attached hydrogens (tertiary/aromatic N) is 2. The molecule has 0 unspecified atom stereocenters. The minimum atomic E-state index is 0.0429. The molecule has 0 fully saturated rings. The summed E-state index contributed by atoms with van der Waals surface area (Å²) < 4.78 is 0. The average molecular weight is 301 g/mol. The number of thioether (sulfide) groups is 1. The second-order valence-electron chi connectivity index (χ2n) is 5.01. The summed E-state index contributed by atoms with van der Waals surface area (Å²) in [5.41, 5.74) is 8.46. The van der Waals surface area contributed by atoms with Gasteiger partial charge in [0.05, 0.1) is 0 Å². The van der Waals surface area contributed by atoms with E-state index in [1.54, 1.807) is 18.0 Å². The van der Waals surface area contributed by atoms with Crippen molar-refractivity contribution in [1.29, 1.82) is 0 Å². The minimum Gasteiger partial charge on any atom is -0.409 e. The maximum absolute atomic E-state index is 8.80. The van der Waals surface area contributed by atoms with Gasteiger partial charge in [0.15, 0.2) is 5.84 Å². The molecule has 0 bridgehead atoms. The van der Waals surface area contributed by atoms with Gasteiger partial charge in [0.2, 0.25) is 0 Å². The van der Waals surface area contributed by atoms with Gasteiger partial charge in [-0.2, -0.15) is 0 Å². The first kappa shape index (κ1) is 15.4. The lowest BCUT2D eigenvalue weighted by Gasteiger charge is -2.08. The van der Waals surface area contributed by atoms with E-state index >= 15 is 0 Å². The van der Waals surface area contributed by atoms with Crippen LogP contribution in [-0.2, 0) is 5.75 Å². The molecule has 0 radical (unpaired) electrons. The summed E-state index contributed by atoms with van der Waals surface area (Å²) in [6, 6.07) is 12.3. The zero-order chi connectivity index (χ0) is 15.2. The van der Waals surface area contributed by atoms with Crippen molar-refractivity contribution < 1.29 is 5.21 Å². The number of oxime groups is 1. The second kappa shape index (κ2) is 7.13. The van der Waals surface area contributed by atoms with Crippen LogP contribution in [0.4, 0.5) is 0 Å². The molecule has 1 aromatic carbocycles. The van der Waals surface area contributed by atoms with E-state index in [1.165, 1.54) is 10.5 Å². The summed E-state index contributed by atoms with van der Waals surface area (Å²) >= 11 is 1.70. The van der Waals surface area contributed by atoms with E-state index in [1.807, 2.05) is 12.1 Å². The van der Waals surface area contributed by atoms with Gasteiger partial charge in [-0.3, -0.25) is 4.98 Å². The fourth-order valence-electron chi connectivity index (χ4n) is 1.94. The lowest BCUT2D eigenvalue weighted by atomic mass is 10.0. The molecule has 0 aliphatic rings. The third-order valence-corrected chi connectivity index (χ3v) is 4.24. The molecule has 0 amide bonds. The van der Waals surface area contributed by atoms with Crippen LogP contribution in [0, 0.1) is 0 Å². The molecule has 0 spiro atoms. The van der Waals surface area contributed by atoms with Gasteiger partial charge in [0.1, 0.15) is 5.69 Å². The van der Waals surface area contributed by atoms with Gasteiger partial charge >= 0.3 is 0 Å². The van der Waals surface area contributed by atoms with Crippen LogP contribution in [0.25, 0.3) is 0 Å². The molecule has 5 heteroatoms. The van der Waals surface area contributed by atoms with Crippen molar-refractivity contribution in [2.24, 2.45) is 10.9 Å². The summed E-state index contributed by atoms with van der Waals surface area (Å²) in [4.78, 5) is 5.36. The molecule has 110 valence electrons. The summed E-state index contributed by atoms with van der Waals surface area (Å²) in [7, 11) is 0. The van der Waals surface area contributed by atoms with E-state index in [0.29, 0.717) is 11.6 Å². The quantitative estimate of drug-likeness (QED) is 0.291. The first-order chi connectivity index (χ1) is 10.1. The molecule has 4 nitrogen and oxygen atoms in total. The van der Waals surface area contributed by atoms with Gasteiger partial charge in [0, 0.05) is 16.8 Å². The monoisotopic (exact) mass is 301 g/mol. The molecule has 0 saturated heterocycles. The third-order valence-electron chi connectivity index (χ3n) is 3.18. The zero-order valence-corrected chi connectivity index (χ0v) is 13.0. The predicted molar refractivity (Wildman–Crippen MR) is 86.8 cm³/mol. The van der Waals surface area contributed by atoms with Gasteiger partial charge in [-0.1, -0.05) is 37.2 Å². The molecule has 0 aliphatic carbocycles. The maximum atomic E-state index is 8.80. The molecule has 2 rings (SSSR count). The molecule has 21 heavy (non-hydrogen) atoms. The van der Waals surface area contributed by atoms with Gasteiger partial charge < -0.3 is 10.9 Å².